The van der Waals surface area contributed by atoms with Crippen molar-refractivity contribution in [1.82, 2.24) is 0 Å². The van der Waals surface area contributed by atoms with Crippen LogP contribution in [0.5, 0.6) is 0 Å². The van der Waals surface area contributed by atoms with Crippen LogP contribution in [-0.2, 0) is 0 Å². The van der Waals surface area contributed by atoms with E-state index in [0.717, 1.165) is 11.3 Å². The highest BCUT2D eigenvalue weighted by atomic mass is 16.4. The van der Waals surface area contributed by atoms with E-state index < -0.39 is 0 Å². The van der Waals surface area contributed by atoms with Gasteiger partial charge in [0.25, 0.3) is 5.91 Å². The van der Waals surface area contributed by atoms with Gasteiger partial charge in [0.1, 0.15) is 5.76 Å². The summed E-state index contributed by atoms with van der Waals surface area (Å²) in [7, 11) is 0. The van der Waals surface area contributed by atoms with Gasteiger partial charge in [0.15, 0.2) is 5.76 Å². The van der Waals surface area contributed by atoms with E-state index in [2.05, 4.69) is 0 Å². The first-order valence-electron chi connectivity index (χ1n) is 7.52. The minimum Gasteiger partial charge on any atom is -0.451 e. The van der Waals surface area contributed by atoms with Gasteiger partial charge in [-0.25, -0.2) is 0 Å². The average molecular weight is 306 g/mol. The van der Waals surface area contributed by atoms with Crippen molar-refractivity contribution in [2.45, 2.75) is 6.92 Å². The van der Waals surface area contributed by atoms with E-state index in [1.807, 2.05) is 61.5 Å². The van der Waals surface area contributed by atoms with Crippen molar-refractivity contribution in [3.8, 4) is 11.3 Å². The summed E-state index contributed by atoms with van der Waals surface area (Å²) in [6.07, 6.45) is 0. The maximum atomic E-state index is 12.7. The zero-order chi connectivity index (χ0) is 16.2. The van der Waals surface area contributed by atoms with Crippen molar-refractivity contribution in [2.24, 2.45) is 0 Å². The summed E-state index contributed by atoms with van der Waals surface area (Å²) in [5.41, 5.74) is 8.21. The Kier molecular flexibility index (Phi) is 4.15. The lowest BCUT2D eigenvalue weighted by Crippen LogP contribution is -2.30. The largest absolute Gasteiger partial charge is 0.451 e. The summed E-state index contributed by atoms with van der Waals surface area (Å²) >= 11 is 0. The van der Waals surface area contributed by atoms with Gasteiger partial charge >= 0.3 is 0 Å². The Morgan fingerprint density at radius 1 is 1.00 bits per heavy atom. The van der Waals surface area contributed by atoms with Crippen LogP contribution in [0.15, 0.2) is 71.1 Å². The second-order valence-corrected chi connectivity index (χ2v) is 5.14. The van der Waals surface area contributed by atoms with Crippen molar-refractivity contribution < 1.29 is 9.21 Å². The third kappa shape index (κ3) is 2.97. The molecule has 0 saturated heterocycles. The molecule has 3 aromatic rings. The number of hydrogen-bond donors (Lipinski definition) is 1. The van der Waals surface area contributed by atoms with Gasteiger partial charge in [-0.05, 0) is 43.3 Å². The lowest BCUT2D eigenvalue weighted by molar-refractivity contribution is 0.0962. The SMILES string of the molecule is CCN(C(=O)c1ccc(-c2ccccc2N)o1)c1ccccc1. The number of hydrogen-bond acceptors (Lipinski definition) is 3. The van der Waals surface area contributed by atoms with Gasteiger partial charge in [0.05, 0.1) is 0 Å². The molecular formula is C19H18N2O2. The summed E-state index contributed by atoms with van der Waals surface area (Å²) in [4.78, 5) is 14.4. The molecule has 4 nitrogen and oxygen atoms in total. The number of amides is 1. The number of benzene rings is 2. The minimum atomic E-state index is -0.167. The van der Waals surface area contributed by atoms with Gasteiger partial charge in [-0.2, -0.15) is 0 Å². The van der Waals surface area contributed by atoms with Crippen LogP contribution in [0.3, 0.4) is 0 Å². The van der Waals surface area contributed by atoms with E-state index in [-0.39, 0.29) is 5.91 Å². The number of carbonyl (C=O) groups excluding carboxylic acids is 1. The Balaban J connectivity index is 1.91. The average Bonchev–Trinajstić information content (AvgIpc) is 3.06. The second kappa shape index (κ2) is 6.40. The number of nitrogens with zero attached hydrogens (tertiary/aromatic N) is 1. The molecule has 1 amide bonds. The molecule has 0 radical (unpaired) electrons. The first-order valence-corrected chi connectivity index (χ1v) is 7.52. The van der Waals surface area contributed by atoms with Crippen LogP contribution >= 0.6 is 0 Å². The fraction of sp³-hybridized carbons (Fsp3) is 0.105. The molecule has 23 heavy (non-hydrogen) atoms. The third-order valence-corrected chi connectivity index (χ3v) is 3.67. The molecule has 4 heteroatoms. The molecule has 0 saturated carbocycles. The van der Waals surface area contributed by atoms with Crippen molar-refractivity contribution in [2.75, 3.05) is 17.2 Å². The highest BCUT2D eigenvalue weighted by Crippen LogP contribution is 2.28. The molecule has 0 spiro atoms. The number of nitrogens with two attached hydrogens (primary N) is 1. The number of nitrogen functional groups attached to an aromatic ring is 1. The fourth-order valence-electron chi connectivity index (χ4n) is 2.50. The van der Waals surface area contributed by atoms with Crippen LogP contribution in [0.2, 0.25) is 0 Å². The van der Waals surface area contributed by atoms with Crippen molar-refractivity contribution in [3.63, 3.8) is 0 Å². The smallest absolute Gasteiger partial charge is 0.293 e. The highest BCUT2D eigenvalue weighted by molar-refractivity contribution is 6.04. The molecule has 0 unspecified atom stereocenters. The number of anilines is 2. The second-order valence-electron chi connectivity index (χ2n) is 5.14. The monoisotopic (exact) mass is 306 g/mol. The lowest BCUT2D eigenvalue weighted by Gasteiger charge is -2.19. The molecule has 0 aliphatic carbocycles. The Bertz CT molecular complexity index is 809. The molecule has 0 fully saturated rings. The van der Waals surface area contributed by atoms with E-state index in [9.17, 15) is 4.79 Å². The van der Waals surface area contributed by atoms with Gasteiger partial charge in [-0.15, -0.1) is 0 Å². The van der Waals surface area contributed by atoms with Crippen LogP contribution in [-0.4, -0.2) is 12.5 Å². The number of para-hydroxylation sites is 2. The van der Waals surface area contributed by atoms with E-state index in [1.165, 1.54) is 0 Å². The predicted molar refractivity (Wildman–Crippen MR) is 92.3 cm³/mol. The summed E-state index contributed by atoms with van der Waals surface area (Å²) in [6.45, 7) is 2.50. The Hall–Kier alpha value is -3.01. The molecule has 2 aromatic carbocycles. The molecule has 1 aromatic heterocycles. The topological polar surface area (TPSA) is 59.5 Å². The zero-order valence-corrected chi connectivity index (χ0v) is 12.9. The van der Waals surface area contributed by atoms with E-state index in [0.29, 0.717) is 23.8 Å². The van der Waals surface area contributed by atoms with E-state index >= 15 is 0 Å². The molecule has 116 valence electrons. The number of furan rings is 1. The van der Waals surface area contributed by atoms with E-state index in [4.69, 9.17) is 10.2 Å². The number of carbonyl (C=O) groups is 1. The molecule has 0 bridgehead atoms. The Morgan fingerprint density at radius 2 is 1.70 bits per heavy atom. The van der Waals surface area contributed by atoms with Gasteiger partial charge in [-0.3, -0.25) is 4.79 Å². The molecule has 0 aliphatic heterocycles. The predicted octanol–water partition coefficient (Wildman–Crippen LogP) is 4.20. The minimum absolute atomic E-state index is 0.167. The summed E-state index contributed by atoms with van der Waals surface area (Å²) in [6, 6.07) is 20.4. The molecule has 3 rings (SSSR count). The Labute approximate surface area is 135 Å². The molecular weight excluding hydrogens is 288 g/mol. The molecule has 2 N–H and O–H groups in total. The zero-order valence-electron chi connectivity index (χ0n) is 12.9. The first-order chi connectivity index (χ1) is 11.2. The standard InChI is InChI=1S/C19H18N2O2/c1-2-21(14-8-4-3-5-9-14)19(22)18-13-12-17(23-18)15-10-6-7-11-16(15)20/h3-13H,2,20H2,1H3. The normalized spacial score (nSPS) is 10.5. The van der Waals surface area contributed by atoms with Crippen LogP contribution in [0, 0.1) is 0 Å². The van der Waals surface area contributed by atoms with Crippen LogP contribution in [0.1, 0.15) is 17.5 Å². The fourth-order valence-corrected chi connectivity index (χ4v) is 2.50. The van der Waals surface area contributed by atoms with E-state index in [1.54, 1.807) is 17.0 Å². The first kappa shape index (κ1) is 14.9. The van der Waals surface area contributed by atoms with Crippen molar-refractivity contribution in [3.05, 3.63) is 72.5 Å². The lowest BCUT2D eigenvalue weighted by atomic mass is 10.1. The highest BCUT2D eigenvalue weighted by Gasteiger charge is 2.20. The maximum Gasteiger partial charge on any atom is 0.293 e. The molecule has 1 heterocycles. The van der Waals surface area contributed by atoms with Crippen LogP contribution in [0.25, 0.3) is 11.3 Å². The van der Waals surface area contributed by atoms with Gasteiger partial charge < -0.3 is 15.1 Å². The van der Waals surface area contributed by atoms with Crippen molar-refractivity contribution in [1.29, 1.82) is 0 Å². The van der Waals surface area contributed by atoms with Gasteiger partial charge in [0.2, 0.25) is 0 Å². The van der Waals surface area contributed by atoms with Crippen LogP contribution in [0.4, 0.5) is 11.4 Å². The number of rotatable bonds is 4. The van der Waals surface area contributed by atoms with Crippen molar-refractivity contribution >= 4 is 17.3 Å². The van der Waals surface area contributed by atoms with Crippen LogP contribution < -0.4 is 10.6 Å². The summed E-state index contributed by atoms with van der Waals surface area (Å²) in [5, 5.41) is 0. The Morgan fingerprint density at radius 3 is 2.39 bits per heavy atom. The molecule has 0 atom stereocenters. The maximum absolute atomic E-state index is 12.7. The third-order valence-electron chi connectivity index (χ3n) is 3.67. The van der Waals surface area contributed by atoms with Gasteiger partial charge in [-0.1, -0.05) is 30.3 Å². The molecule has 0 aliphatic rings. The quantitative estimate of drug-likeness (QED) is 0.735. The van der Waals surface area contributed by atoms with Gasteiger partial charge in [0, 0.05) is 23.5 Å². The summed E-state index contributed by atoms with van der Waals surface area (Å²) < 4.78 is 5.75. The summed E-state index contributed by atoms with van der Waals surface area (Å²) in [5.74, 6) is 0.726.